The van der Waals surface area contributed by atoms with Gasteiger partial charge in [0, 0.05) is 12.5 Å². The molecule has 0 rings (SSSR count). The van der Waals surface area contributed by atoms with E-state index in [1.165, 1.54) is 6.08 Å². The van der Waals surface area contributed by atoms with Crippen molar-refractivity contribution in [3.8, 4) is 18.2 Å². The van der Waals surface area contributed by atoms with Gasteiger partial charge in [-0.05, 0) is 12.8 Å². The molecule has 0 aromatic carbocycles. The van der Waals surface area contributed by atoms with Crippen molar-refractivity contribution < 1.29 is 0 Å². The maximum absolute atomic E-state index is 8.56. The van der Waals surface area contributed by atoms with Gasteiger partial charge >= 0.3 is 0 Å². The molecular formula is C9H9N3. The first-order chi connectivity index (χ1) is 5.85. The fourth-order valence-electron chi connectivity index (χ4n) is 0.764. The molecule has 0 bridgehead atoms. The van der Waals surface area contributed by atoms with E-state index >= 15 is 0 Å². The topological polar surface area (TPSA) is 71.4 Å². The van der Waals surface area contributed by atoms with Crippen molar-refractivity contribution in [1.82, 2.24) is 0 Å². The zero-order valence-electron chi connectivity index (χ0n) is 6.70. The first kappa shape index (κ1) is 10.2. The van der Waals surface area contributed by atoms with Crippen LogP contribution in [-0.2, 0) is 0 Å². The Hall–Kier alpha value is -1.79. The van der Waals surface area contributed by atoms with E-state index in [9.17, 15) is 0 Å². The predicted molar refractivity (Wildman–Crippen MR) is 43.3 cm³/mol. The Morgan fingerprint density at radius 3 is 2.50 bits per heavy atom. The van der Waals surface area contributed by atoms with Crippen molar-refractivity contribution in [2.75, 3.05) is 0 Å². The number of hydrogen-bond donors (Lipinski definition) is 0. The predicted octanol–water partition coefficient (Wildman–Crippen LogP) is 1.90. The Kier molecular flexibility index (Phi) is 6.23. The standard InChI is InChI=1S/C9H9N3/c10-6-2-1-4-9(8-12)5-3-7-11/h3,5,9H,1-2,4H2. The van der Waals surface area contributed by atoms with Crippen LogP contribution < -0.4 is 0 Å². The summed E-state index contributed by atoms with van der Waals surface area (Å²) < 4.78 is 0. The highest BCUT2D eigenvalue weighted by atomic mass is 14.3. The maximum atomic E-state index is 8.56. The molecule has 0 aliphatic heterocycles. The molecule has 1 unspecified atom stereocenters. The summed E-state index contributed by atoms with van der Waals surface area (Å²) in [6, 6.07) is 5.88. The highest BCUT2D eigenvalue weighted by Crippen LogP contribution is 2.08. The minimum absolute atomic E-state index is 0.224. The van der Waals surface area contributed by atoms with Crippen molar-refractivity contribution >= 4 is 0 Å². The zero-order chi connectivity index (χ0) is 9.23. The lowest BCUT2D eigenvalue weighted by Crippen LogP contribution is -1.91. The van der Waals surface area contributed by atoms with Gasteiger partial charge in [0.05, 0.1) is 24.1 Å². The monoisotopic (exact) mass is 159 g/mol. The molecule has 0 aromatic heterocycles. The molecule has 0 saturated carbocycles. The van der Waals surface area contributed by atoms with E-state index in [2.05, 4.69) is 0 Å². The van der Waals surface area contributed by atoms with E-state index in [-0.39, 0.29) is 5.92 Å². The van der Waals surface area contributed by atoms with Crippen LogP contribution in [0, 0.1) is 39.9 Å². The highest BCUT2D eigenvalue weighted by Gasteiger charge is 2.00. The van der Waals surface area contributed by atoms with Gasteiger partial charge < -0.3 is 0 Å². The van der Waals surface area contributed by atoms with Gasteiger partial charge in [-0.25, -0.2) is 0 Å². The van der Waals surface area contributed by atoms with E-state index in [1.807, 2.05) is 18.2 Å². The van der Waals surface area contributed by atoms with Crippen LogP contribution in [0.25, 0.3) is 0 Å². The van der Waals surface area contributed by atoms with Crippen LogP contribution >= 0.6 is 0 Å². The molecule has 0 radical (unpaired) electrons. The largest absolute Gasteiger partial charge is 0.198 e. The van der Waals surface area contributed by atoms with Gasteiger partial charge in [0.2, 0.25) is 0 Å². The SMILES string of the molecule is N#CC=CC(C#N)CCCC#N. The Balaban J connectivity index is 3.73. The normalized spacial score (nSPS) is 11.4. The zero-order valence-corrected chi connectivity index (χ0v) is 6.70. The number of nitriles is 3. The molecule has 3 nitrogen and oxygen atoms in total. The van der Waals surface area contributed by atoms with Gasteiger partial charge in [-0.1, -0.05) is 6.08 Å². The molecule has 0 saturated heterocycles. The number of unbranched alkanes of at least 4 members (excludes halogenated alkanes) is 1. The number of nitrogens with zero attached hydrogens (tertiary/aromatic N) is 3. The van der Waals surface area contributed by atoms with Crippen LogP contribution in [0.5, 0.6) is 0 Å². The van der Waals surface area contributed by atoms with Crippen LogP contribution in [0.1, 0.15) is 19.3 Å². The quantitative estimate of drug-likeness (QED) is 0.464. The summed E-state index contributed by atoms with van der Waals surface area (Å²) in [6.07, 6.45) is 4.71. The average Bonchev–Trinajstić information content (AvgIpc) is 2.11. The van der Waals surface area contributed by atoms with Gasteiger partial charge in [-0.3, -0.25) is 0 Å². The molecule has 0 aromatic rings. The van der Waals surface area contributed by atoms with E-state index in [0.29, 0.717) is 19.3 Å². The fourth-order valence-corrected chi connectivity index (χ4v) is 0.764. The second-order valence-electron chi connectivity index (χ2n) is 2.27. The van der Waals surface area contributed by atoms with Crippen molar-refractivity contribution in [1.29, 1.82) is 15.8 Å². The molecule has 0 amide bonds. The third-order valence-corrected chi connectivity index (χ3v) is 1.37. The second kappa shape index (κ2) is 7.32. The molecule has 0 fully saturated rings. The second-order valence-corrected chi connectivity index (χ2v) is 2.27. The Morgan fingerprint density at radius 2 is 2.00 bits per heavy atom. The third-order valence-electron chi connectivity index (χ3n) is 1.37. The molecule has 60 valence electrons. The number of rotatable bonds is 4. The van der Waals surface area contributed by atoms with Crippen molar-refractivity contribution in [2.45, 2.75) is 19.3 Å². The molecular weight excluding hydrogens is 150 g/mol. The first-order valence-electron chi connectivity index (χ1n) is 3.68. The summed E-state index contributed by atoms with van der Waals surface area (Å²) in [5.41, 5.74) is 0. The van der Waals surface area contributed by atoms with Crippen LogP contribution in [0.2, 0.25) is 0 Å². The van der Waals surface area contributed by atoms with Crippen molar-refractivity contribution in [3.63, 3.8) is 0 Å². The fraction of sp³-hybridized carbons (Fsp3) is 0.444. The van der Waals surface area contributed by atoms with Crippen LogP contribution in [0.15, 0.2) is 12.2 Å². The first-order valence-corrected chi connectivity index (χ1v) is 3.68. The summed E-state index contributed by atoms with van der Waals surface area (Å²) in [6.45, 7) is 0. The van der Waals surface area contributed by atoms with Crippen LogP contribution in [-0.4, -0.2) is 0 Å². The molecule has 0 aliphatic rings. The molecule has 1 atom stereocenters. The molecule has 12 heavy (non-hydrogen) atoms. The van der Waals surface area contributed by atoms with Crippen molar-refractivity contribution in [3.05, 3.63) is 12.2 Å². The molecule has 0 aliphatic carbocycles. The number of allylic oxidation sites excluding steroid dienone is 2. The summed E-state index contributed by atoms with van der Waals surface area (Å²) >= 11 is 0. The van der Waals surface area contributed by atoms with E-state index in [1.54, 1.807) is 6.08 Å². The maximum Gasteiger partial charge on any atom is 0.0909 e. The van der Waals surface area contributed by atoms with E-state index < -0.39 is 0 Å². The summed E-state index contributed by atoms with van der Waals surface area (Å²) in [7, 11) is 0. The third kappa shape index (κ3) is 5.03. The van der Waals surface area contributed by atoms with Gasteiger partial charge in [0.15, 0.2) is 0 Å². The van der Waals surface area contributed by atoms with Gasteiger partial charge in [-0.15, -0.1) is 0 Å². The minimum atomic E-state index is -0.224. The molecule has 3 heteroatoms. The average molecular weight is 159 g/mol. The smallest absolute Gasteiger partial charge is 0.0909 e. The minimum Gasteiger partial charge on any atom is -0.198 e. The van der Waals surface area contributed by atoms with Gasteiger partial charge in [0.1, 0.15) is 0 Å². The van der Waals surface area contributed by atoms with Gasteiger partial charge in [0.25, 0.3) is 0 Å². The summed E-state index contributed by atoms with van der Waals surface area (Å²) in [5, 5.41) is 25.0. The lowest BCUT2D eigenvalue weighted by molar-refractivity contribution is 0.674. The molecule has 0 heterocycles. The number of hydrogen-bond acceptors (Lipinski definition) is 3. The molecule has 0 N–H and O–H groups in total. The van der Waals surface area contributed by atoms with Crippen LogP contribution in [0.4, 0.5) is 0 Å². The Morgan fingerprint density at radius 1 is 1.25 bits per heavy atom. The van der Waals surface area contributed by atoms with Gasteiger partial charge in [-0.2, -0.15) is 15.8 Å². The summed E-state index contributed by atoms with van der Waals surface area (Å²) in [4.78, 5) is 0. The highest BCUT2D eigenvalue weighted by molar-refractivity contribution is 5.08. The molecule has 0 spiro atoms. The lowest BCUT2D eigenvalue weighted by Gasteiger charge is -1.98. The van der Waals surface area contributed by atoms with E-state index in [4.69, 9.17) is 15.8 Å². The lowest BCUT2D eigenvalue weighted by atomic mass is 10.0. The van der Waals surface area contributed by atoms with Crippen molar-refractivity contribution in [2.24, 2.45) is 5.92 Å². The summed E-state index contributed by atoms with van der Waals surface area (Å²) in [5.74, 6) is -0.224. The Bertz CT molecular complexity index is 259. The van der Waals surface area contributed by atoms with Crippen LogP contribution in [0.3, 0.4) is 0 Å². The Labute approximate surface area is 72.1 Å². The van der Waals surface area contributed by atoms with E-state index in [0.717, 1.165) is 0 Å².